The average Bonchev–Trinajstić information content (AvgIpc) is 2.86. The van der Waals surface area contributed by atoms with Gasteiger partial charge in [0.05, 0.1) is 18.4 Å². The van der Waals surface area contributed by atoms with E-state index in [1.54, 1.807) is 0 Å². The van der Waals surface area contributed by atoms with Gasteiger partial charge in [0.1, 0.15) is 0 Å². The van der Waals surface area contributed by atoms with Gasteiger partial charge in [-0.15, -0.1) is 28.6 Å². The van der Waals surface area contributed by atoms with Crippen molar-refractivity contribution < 1.29 is 0 Å². The van der Waals surface area contributed by atoms with Gasteiger partial charge in [-0.1, -0.05) is 28.0 Å². The molecule has 0 N–H and O–H groups in total. The van der Waals surface area contributed by atoms with E-state index in [-0.39, 0.29) is 0 Å². The fourth-order valence-electron chi connectivity index (χ4n) is 1.15. The molecule has 1 aromatic rings. The van der Waals surface area contributed by atoms with Crippen LogP contribution >= 0.6 is 58.6 Å². The van der Waals surface area contributed by atoms with Gasteiger partial charge in [0.15, 0.2) is 0 Å². The van der Waals surface area contributed by atoms with E-state index < -0.39 is 0 Å². The van der Waals surface area contributed by atoms with Crippen LogP contribution < -0.4 is 0 Å². The second-order valence-electron chi connectivity index (χ2n) is 2.77. The molecule has 7 heteroatoms. The van der Waals surface area contributed by atoms with Crippen molar-refractivity contribution >= 4 is 64.7 Å². The molecule has 78 valence electrons. The summed E-state index contributed by atoms with van der Waals surface area (Å²) in [6.45, 7) is 0. The number of thioether (sulfide) groups is 4. The first-order chi connectivity index (χ1) is 7.42. The minimum absolute atomic E-state index is 0.977. The predicted molar refractivity (Wildman–Crippen MR) is 75.0 cm³/mol. The number of nitrogens with zero attached hydrogens (tertiary/aromatic N) is 2. The lowest BCUT2D eigenvalue weighted by Gasteiger charge is -2.08. The SMILES string of the molecule is C(=C1SC2=C(SCCS2)S1)c1csnn1. The van der Waals surface area contributed by atoms with Crippen LogP contribution in [-0.4, -0.2) is 21.1 Å². The van der Waals surface area contributed by atoms with Crippen LogP contribution in [0.1, 0.15) is 5.69 Å². The Labute approximate surface area is 109 Å². The molecule has 1 aromatic heterocycles. The number of rotatable bonds is 1. The summed E-state index contributed by atoms with van der Waals surface area (Å²) in [4.78, 5) is 0. The van der Waals surface area contributed by atoms with E-state index in [0.29, 0.717) is 0 Å². The molecular formula is C8H6N2S5. The van der Waals surface area contributed by atoms with Gasteiger partial charge in [-0.3, -0.25) is 0 Å². The van der Waals surface area contributed by atoms with Gasteiger partial charge < -0.3 is 0 Å². The predicted octanol–water partition coefficient (Wildman–Crippen LogP) is 3.92. The third kappa shape index (κ3) is 2.41. The van der Waals surface area contributed by atoms with E-state index in [2.05, 4.69) is 15.7 Å². The van der Waals surface area contributed by atoms with Gasteiger partial charge in [-0.05, 0) is 17.6 Å². The van der Waals surface area contributed by atoms with Crippen molar-refractivity contribution in [1.29, 1.82) is 0 Å². The van der Waals surface area contributed by atoms with Crippen LogP contribution in [0.4, 0.5) is 0 Å². The standard InChI is InChI=1S/C8H6N2S5/c1-2-12-8-7(11-1)14-6(15-8)3-5-4-13-10-9-5/h3-4H,1-2H2. The Morgan fingerprint density at radius 1 is 1.13 bits per heavy atom. The molecule has 0 saturated carbocycles. The molecule has 0 amide bonds. The quantitative estimate of drug-likeness (QED) is 0.777. The molecule has 0 atom stereocenters. The molecule has 3 rings (SSSR count). The van der Waals surface area contributed by atoms with Gasteiger partial charge in [-0.2, -0.15) is 0 Å². The van der Waals surface area contributed by atoms with Crippen LogP contribution in [-0.2, 0) is 0 Å². The van der Waals surface area contributed by atoms with Gasteiger partial charge in [0, 0.05) is 16.9 Å². The van der Waals surface area contributed by atoms with Crippen LogP contribution in [0.15, 0.2) is 18.1 Å². The number of hydrogen-bond acceptors (Lipinski definition) is 7. The minimum Gasteiger partial charge on any atom is -0.139 e. The molecular weight excluding hydrogens is 284 g/mol. The molecule has 2 aliphatic rings. The molecule has 0 aromatic carbocycles. The van der Waals surface area contributed by atoms with Crippen molar-refractivity contribution in [2.45, 2.75) is 0 Å². The molecule has 0 spiro atoms. The summed E-state index contributed by atoms with van der Waals surface area (Å²) >= 11 is 9.10. The highest BCUT2D eigenvalue weighted by Crippen LogP contribution is 2.59. The lowest BCUT2D eigenvalue weighted by atomic mass is 10.5. The van der Waals surface area contributed by atoms with Gasteiger partial charge in [0.25, 0.3) is 0 Å². The molecule has 2 nitrogen and oxygen atoms in total. The zero-order valence-electron chi connectivity index (χ0n) is 7.50. The smallest absolute Gasteiger partial charge is 0.0998 e. The molecule has 2 aliphatic heterocycles. The van der Waals surface area contributed by atoms with Gasteiger partial charge >= 0.3 is 0 Å². The van der Waals surface area contributed by atoms with Gasteiger partial charge in [-0.25, -0.2) is 0 Å². The molecule has 0 radical (unpaired) electrons. The van der Waals surface area contributed by atoms with E-state index in [1.807, 2.05) is 52.4 Å². The van der Waals surface area contributed by atoms with Crippen LogP contribution in [0.2, 0.25) is 0 Å². The van der Waals surface area contributed by atoms with Crippen LogP contribution in [0.5, 0.6) is 0 Å². The maximum atomic E-state index is 4.03. The zero-order valence-corrected chi connectivity index (χ0v) is 11.6. The molecule has 0 aliphatic carbocycles. The monoisotopic (exact) mass is 290 g/mol. The summed E-state index contributed by atoms with van der Waals surface area (Å²) < 4.78 is 8.14. The largest absolute Gasteiger partial charge is 0.139 e. The van der Waals surface area contributed by atoms with Crippen molar-refractivity contribution in [3.05, 3.63) is 23.8 Å². The average molecular weight is 290 g/mol. The molecule has 0 saturated heterocycles. The summed E-state index contributed by atoms with van der Waals surface area (Å²) in [6, 6.07) is 0. The van der Waals surface area contributed by atoms with Gasteiger partial charge in [0.2, 0.25) is 0 Å². The second-order valence-corrected chi connectivity index (χ2v) is 8.47. The Morgan fingerprint density at radius 2 is 1.87 bits per heavy atom. The topological polar surface area (TPSA) is 25.8 Å². The van der Waals surface area contributed by atoms with Crippen LogP contribution in [0.3, 0.4) is 0 Å². The van der Waals surface area contributed by atoms with Crippen LogP contribution in [0.25, 0.3) is 6.08 Å². The highest BCUT2D eigenvalue weighted by atomic mass is 32.3. The van der Waals surface area contributed by atoms with E-state index in [0.717, 1.165) is 5.69 Å². The van der Waals surface area contributed by atoms with E-state index >= 15 is 0 Å². The summed E-state index contributed by atoms with van der Waals surface area (Å²) in [5, 5.41) is 6.01. The van der Waals surface area contributed by atoms with Crippen molar-refractivity contribution in [1.82, 2.24) is 9.59 Å². The van der Waals surface area contributed by atoms with Crippen molar-refractivity contribution in [2.75, 3.05) is 11.5 Å². The van der Waals surface area contributed by atoms with E-state index in [9.17, 15) is 0 Å². The van der Waals surface area contributed by atoms with E-state index in [4.69, 9.17) is 0 Å². The van der Waals surface area contributed by atoms with Crippen LogP contribution in [0, 0.1) is 0 Å². The van der Waals surface area contributed by atoms with Crippen molar-refractivity contribution in [3.63, 3.8) is 0 Å². The molecule has 15 heavy (non-hydrogen) atoms. The fraction of sp³-hybridized carbons (Fsp3) is 0.250. The summed E-state index contributed by atoms with van der Waals surface area (Å²) in [6.07, 6.45) is 2.12. The van der Waals surface area contributed by atoms with E-state index in [1.165, 1.54) is 35.7 Å². The third-order valence-electron chi connectivity index (χ3n) is 1.75. The molecule has 0 unspecified atom stereocenters. The molecule has 3 heterocycles. The van der Waals surface area contributed by atoms with Crippen molar-refractivity contribution in [3.8, 4) is 0 Å². The third-order valence-corrected chi connectivity index (χ3v) is 7.92. The first-order valence-electron chi connectivity index (χ1n) is 4.26. The zero-order chi connectivity index (χ0) is 10.1. The first-order valence-corrected chi connectivity index (χ1v) is 8.70. The summed E-state index contributed by atoms with van der Waals surface area (Å²) in [5.74, 6) is 2.48. The lowest BCUT2D eigenvalue weighted by molar-refractivity contribution is 1.14. The normalized spacial score (nSPS) is 20.7. The summed E-state index contributed by atoms with van der Waals surface area (Å²) in [5.41, 5.74) is 0.977. The minimum atomic E-state index is 0.977. The first kappa shape index (κ1) is 10.6. The lowest BCUT2D eigenvalue weighted by Crippen LogP contribution is -1.88. The highest BCUT2D eigenvalue weighted by Gasteiger charge is 2.24. The summed E-state index contributed by atoms with van der Waals surface area (Å²) in [7, 11) is 0. The molecule has 0 fully saturated rings. The Balaban J connectivity index is 1.78. The number of aromatic nitrogens is 2. The van der Waals surface area contributed by atoms with Crippen molar-refractivity contribution in [2.24, 2.45) is 0 Å². The Hall–Kier alpha value is 0.440. The Kier molecular flexibility index (Phi) is 3.35. The Bertz CT molecular complexity index is 402. The maximum absolute atomic E-state index is 4.03. The Morgan fingerprint density at radius 3 is 2.47 bits per heavy atom. The molecule has 0 bridgehead atoms. The maximum Gasteiger partial charge on any atom is 0.0998 e. The highest BCUT2D eigenvalue weighted by molar-refractivity contribution is 8.41. The second kappa shape index (κ2) is 4.75. The fourth-order valence-corrected chi connectivity index (χ4v) is 7.42. The number of hydrogen-bond donors (Lipinski definition) is 0.